The molecule has 0 radical (unpaired) electrons. The molecule has 9 heteroatoms. The van der Waals surface area contributed by atoms with Gasteiger partial charge >= 0.3 is 0 Å². The van der Waals surface area contributed by atoms with Crippen molar-refractivity contribution in [3.8, 4) is 0 Å². The van der Waals surface area contributed by atoms with Crippen molar-refractivity contribution in [1.82, 2.24) is 4.90 Å². The van der Waals surface area contributed by atoms with Gasteiger partial charge in [0.15, 0.2) is 0 Å². The van der Waals surface area contributed by atoms with E-state index in [1.54, 1.807) is 24.3 Å². The highest BCUT2D eigenvalue weighted by atomic mass is 35.5. The number of hydrogen-bond donors (Lipinski definition) is 0. The third kappa shape index (κ3) is 6.24. The van der Waals surface area contributed by atoms with Gasteiger partial charge < -0.3 is 4.90 Å². The van der Waals surface area contributed by atoms with Gasteiger partial charge in [-0.2, -0.15) is 0 Å². The van der Waals surface area contributed by atoms with Crippen molar-refractivity contribution in [1.29, 1.82) is 0 Å². The molecule has 0 aromatic heterocycles. The van der Waals surface area contributed by atoms with E-state index in [4.69, 9.17) is 23.2 Å². The molecule has 1 saturated heterocycles. The van der Waals surface area contributed by atoms with Crippen LogP contribution in [0.4, 0.5) is 10.1 Å². The van der Waals surface area contributed by atoms with Crippen LogP contribution in [0.1, 0.15) is 55.7 Å². The number of anilines is 1. The molecule has 4 atom stereocenters. The third-order valence-electron chi connectivity index (χ3n) is 8.58. The van der Waals surface area contributed by atoms with Gasteiger partial charge in [-0.25, -0.2) is 12.8 Å². The van der Waals surface area contributed by atoms with Gasteiger partial charge in [0, 0.05) is 16.0 Å². The summed E-state index contributed by atoms with van der Waals surface area (Å²) in [6.45, 7) is 5.84. The number of benzene rings is 3. The number of likely N-dealkylation sites (tertiary alicyclic amines) is 1. The van der Waals surface area contributed by atoms with E-state index in [0.29, 0.717) is 22.9 Å². The lowest BCUT2D eigenvalue weighted by Gasteiger charge is -2.52. The second-order valence-electron chi connectivity index (χ2n) is 11.8. The number of halogens is 3. The number of rotatable bonds is 10. The van der Waals surface area contributed by atoms with E-state index in [0.717, 1.165) is 34.5 Å². The zero-order valence-corrected chi connectivity index (χ0v) is 26.0. The number of hydrogen-bond acceptors (Lipinski definition) is 3. The molecule has 0 bridgehead atoms. The first kappa shape index (κ1) is 30.6. The number of carbonyl (C=O) groups excluding carboxylic acids is 1. The number of sulfonamides is 1. The molecule has 1 saturated carbocycles. The first-order valence-electron chi connectivity index (χ1n) is 14.1. The molecule has 42 heavy (non-hydrogen) atoms. The van der Waals surface area contributed by atoms with Crippen molar-refractivity contribution >= 4 is 44.8 Å². The van der Waals surface area contributed by atoms with Gasteiger partial charge in [-0.15, -0.1) is 6.58 Å². The van der Waals surface area contributed by atoms with Gasteiger partial charge in [0.25, 0.3) is 0 Å². The number of amides is 1. The number of para-hydroxylation sites is 1. The van der Waals surface area contributed by atoms with Crippen molar-refractivity contribution in [2.45, 2.75) is 50.6 Å². The number of nitrogens with zero attached hydrogens (tertiary/aromatic N) is 2. The highest BCUT2D eigenvalue weighted by Crippen LogP contribution is 2.54. The normalized spacial score (nSPS) is 23.5. The molecule has 5 rings (SSSR count). The molecule has 2 aliphatic rings. The lowest BCUT2D eigenvalue weighted by atomic mass is 9.67. The van der Waals surface area contributed by atoms with Crippen LogP contribution in [-0.2, 0) is 14.8 Å². The lowest BCUT2D eigenvalue weighted by molar-refractivity contribution is -0.154. The lowest BCUT2D eigenvalue weighted by Crippen LogP contribution is -2.59. The van der Waals surface area contributed by atoms with Gasteiger partial charge in [0.2, 0.25) is 15.9 Å². The fourth-order valence-electron chi connectivity index (χ4n) is 6.43. The summed E-state index contributed by atoms with van der Waals surface area (Å²) in [5, 5.41) is 1.17. The molecule has 0 unspecified atom stereocenters. The van der Waals surface area contributed by atoms with Crippen molar-refractivity contribution in [3.63, 3.8) is 0 Å². The van der Waals surface area contributed by atoms with Crippen molar-refractivity contribution in [2.24, 2.45) is 11.3 Å². The molecule has 3 aromatic carbocycles. The van der Waals surface area contributed by atoms with Crippen LogP contribution in [0.3, 0.4) is 0 Å². The fraction of sp³-hybridized carbons (Fsp3) is 0.364. The molecule has 1 heterocycles. The van der Waals surface area contributed by atoms with Crippen LogP contribution in [0.15, 0.2) is 85.5 Å². The van der Waals surface area contributed by atoms with Crippen LogP contribution in [0.25, 0.3) is 0 Å². The highest BCUT2D eigenvalue weighted by molar-refractivity contribution is 7.92. The first-order valence-corrected chi connectivity index (χ1v) is 16.7. The number of allylic oxidation sites excluding steroid dienone is 1. The van der Waals surface area contributed by atoms with E-state index in [2.05, 4.69) is 6.58 Å². The smallest absolute Gasteiger partial charge is 0.232 e. The first-order chi connectivity index (χ1) is 19.9. The topological polar surface area (TPSA) is 57.7 Å². The average Bonchev–Trinajstić information content (AvgIpc) is 3.77. The standard InChI is InChI=1S/C33H35Cl2FN2O3S/c1-4-18-33(2)20-27(24-8-7-9-26(35)19-24)31(23-14-16-25(34)17-15-23)38(32(33)39)30(22-12-13-22)21-37(42(3,40)41)29-11-6-5-10-28(29)36/h4-11,14-17,19,22,27,30-31H,1,12-13,18,20-21H2,2-3H3/t27-,30-,31-,33+/m1/s1. The van der Waals surface area contributed by atoms with E-state index >= 15 is 4.39 Å². The molecule has 1 aliphatic carbocycles. The average molecular weight is 630 g/mol. The molecular formula is C33H35Cl2FN2O3S. The molecular weight excluding hydrogens is 594 g/mol. The Hall–Kier alpha value is -2.87. The van der Waals surface area contributed by atoms with Crippen LogP contribution in [-0.4, -0.2) is 38.1 Å². The largest absolute Gasteiger partial charge is 0.329 e. The zero-order chi connectivity index (χ0) is 30.2. The zero-order valence-electron chi connectivity index (χ0n) is 23.7. The number of piperidine rings is 1. The maximum atomic E-state index is 15.1. The van der Waals surface area contributed by atoms with Gasteiger partial charge in [-0.3, -0.25) is 9.10 Å². The van der Waals surface area contributed by atoms with Crippen molar-refractivity contribution < 1.29 is 17.6 Å². The molecule has 0 spiro atoms. The molecule has 0 N–H and O–H groups in total. The molecule has 3 aromatic rings. The molecule has 1 aliphatic heterocycles. The van der Waals surface area contributed by atoms with E-state index in [9.17, 15) is 13.2 Å². The van der Waals surface area contributed by atoms with Gasteiger partial charge in [0.1, 0.15) is 5.82 Å². The van der Waals surface area contributed by atoms with E-state index in [-0.39, 0.29) is 30.0 Å². The van der Waals surface area contributed by atoms with Crippen LogP contribution in [0.2, 0.25) is 10.0 Å². The van der Waals surface area contributed by atoms with Crippen LogP contribution in [0.5, 0.6) is 0 Å². The Morgan fingerprint density at radius 3 is 2.33 bits per heavy atom. The summed E-state index contributed by atoms with van der Waals surface area (Å²) < 4.78 is 42.5. The van der Waals surface area contributed by atoms with Gasteiger partial charge in [0.05, 0.1) is 36.0 Å². The van der Waals surface area contributed by atoms with E-state index < -0.39 is 33.3 Å². The Kier molecular flexibility index (Phi) is 8.75. The Bertz CT molecular complexity index is 1580. The second-order valence-corrected chi connectivity index (χ2v) is 14.6. The monoisotopic (exact) mass is 628 g/mol. The van der Waals surface area contributed by atoms with E-state index in [1.807, 2.05) is 48.2 Å². The highest BCUT2D eigenvalue weighted by Gasteiger charge is 2.54. The summed E-state index contributed by atoms with van der Waals surface area (Å²) in [4.78, 5) is 16.6. The summed E-state index contributed by atoms with van der Waals surface area (Å²) in [5.41, 5.74) is 1.05. The van der Waals surface area contributed by atoms with Gasteiger partial charge in [-0.05, 0) is 79.1 Å². The van der Waals surface area contributed by atoms with Crippen molar-refractivity contribution in [2.75, 3.05) is 17.1 Å². The predicted octanol–water partition coefficient (Wildman–Crippen LogP) is 8.02. The summed E-state index contributed by atoms with van der Waals surface area (Å²) in [6.07, 6.45) is 5.53. The van der Waals surface area contributed by atoms with Crippen LogP contribution < -0.4 is 4.31 Å². The number of carbonyl (C=O) groups is 1. The second kappa shape index (κ2) is 12.0. The molecule has 5 nitrogen and oxygen atoms in total. The maximum absolute atomic E-state index is 15.1. The fourth-order valence-corrected chi connectivity index (χ4v) is 7.69. The molecule has 2 fully saturated rings. The Morgan fingerprint density at radius 1 is 1.05 bits per heavy atom. The summed E-state index contributed by atoms with van der Waals surface area (Å²) >= 11 is 12.8. The Balaban J connectivity index is 1.70. The minimum absolute atomic E-state index is 0.0293. The SMILES string of the molecule is C=CC[C@@]1(C)C[C@H](c2cccc(Cl)c2)[C@@H](c2ccc(Cl)cc2)N([C@H](CN(c2ccccc2F)S(C)(=O)=O)C2CC2)C1=O. The van der Waals surface area contributed by atoms with Gasteiger partial charge in [-0.1, -0.05) is 72.6 Å². The summed E-state index contributed by atoms with van der Waals surface area (Å²) in [6, 6.07) is 20.1. The predicted molar refractivity (Wildman–Crippen MR) is 168 cm³/mol. The van der Waals surface area contributed by atoms with Crippen LogP contribution >= 0.6 is 23.2 Å². The van der Waals surface area contributed by atoms with Crippen LogP contribution in [0, 0.1) is 17.2 Å². The molecule has 1 amide bonds. The Labute approximate surface area is 258 Å². The Morgan fingerprint density at radius 2 is 1.74 bits per heavy atom. The maximum Gasteiger partial charge on any atom is 0.232 e. The summed E-state index contributed by atoms with van der Waals surface area (Å²) in [5.74, 6) is -0.802. The molecule has 222 valence electrons. The van der Waals surface area contributed by atoms with Crippen molar-refractivity contribution in [3.05, 3.63) is 112 Å². The van der Waals surface area contributed by atoms with E-state index in [1.165, 1.54) is 18.2 Å². The summed E-state index contributed by atoms with van der Waals surface area (Å²) in [7, 11) is -3.89. The minimum Gasteiger partial charge on any atom is -0.329 e. The minimum atomic E-state index is -3.89. The quantitative estimate of drug-likeness (QED) is 0.214. The third-order valence-corrected chi connectivity index (χ3v) is 10.2.